The van der Waals surface area contributed by atoms with E-state index in [9.17, 15) is 18.0 Å². The molecule has 3 heterocycles. The molecular weight excluding hydrogens is 493 g/mol. The molecule has 8 nitrogen and oxygen atoms in total. The van der Waals surface area contributed by atoms with Gasteiger partial charge in [0.05, 0.1) is 35.8 Å². The molecule has 0 unspecified atom stereocenters. The first-order valence-corrected chi connectivity index (χ1v) is 12.5. The number of amides is 1. The average Bonchev–Trinajstić information content (AvgIpc) is 3.45. The summed E-state index contributed by atoms with van der Waals surface area (Å²) in [6, 6.07) is 3.84. The average molecular weight is 519 g/mol. The molecule has 0 saturated carbocycles. The molecule has 2 N–H and O–H groups in total. The number of aromatic amines is 1. The molecule has 1 aliphatic carbocycles. The quantitative estimate of drug-likeness (QED) is 0.348. The lowest BCUT2D eigenvalue weighted by atomic mass is 9.87. The number of H-pyrrole nitrogens is 1. The molecule has 1 amide bonds. The molecule has 0 aliphatic heterocycles. The van der Waals surface area contributed by atoms with Crippen molar-refractivity contribution in [3.05, 3.63) is 35.1 Å². The van der Waals surface area contributed by atoms with Gasteiger partial charge in [-0.05, 0) is 37.8 Å². The number of hydrogen-bond donors (Lipinski definition) is 2. The number of carbonyl (C=O) groups excluding carboxylic acids is 1. The highest BCUT2D eigenvalue weighted by Crippen LogP contribution is 2.42. The monoisotopic (exact) mass is 518 g/mol. The van der Waals surface area contributed by atoms with Crippen LogP contribution in [0.25, 0.3) is 21.1 Å². The number of nitrogens with one attached hydrogen (secondary N) is 2. The summed E-state index contributed by atoms with van der Waals surface area (Å²) in [6.07, 6.45) is -0.386. The minimum Gasteiger partial charge on any atom is -0.492 e. The Hall–Kier alpha value is -3.41. The van der Waals surface area contributed by atoms with Crippen LogP contribution in [-0.2, 0) is 17.6 Å². The number of aryl methyl sites for hydroxylation is 1. The van der Waals surface area contributed by atoms with Crippen LogP contribution in [0.15, 0.2) is 24.7 Å². The standard InChI is InChI=1S/C24H25F3N6O2S/c1-3-35-18-10-16-14(11-30-32-16)8-17(18)31-21-20-15-5-4-13(9-19(15)36-22(20)29-12-28-21)23(34)33(2)7-6-24(25,26)27/h8,10-13H,3-7,9H2,1-2H3,(H,30,32)(H,28,29,31)/t13-/m0/s1. The number of carbonyl (C=O) groups is 1. The summed E-state index contributed by atoms with van der Waals surface area (Å²) in [7, 11) is 1.44. The molecule has 1 aliphatic rings. The van der Waals surface area contributed by atoms with Gasteiger partial charge < -0.3 is 15.0 Å². The van der Waals surface area contributed by atoms with E-state index in [4.69, 9.17) is 4.74 Å². The van der Waals surface area contributed by atoms with Crippen LogP contribution in [0.2, 0.25) is 0 Å². The van der Waals surface area contributed by atoms with E-state index in [-0.39, 0.29) is 18.4 Å². The molecule has 0 spiro atoms. The van der Waals surface area contributed by atoms with Gasteiger partial charge >= 0.3 is 6.18 Å². The third-order valence-corrected chi connectivity index (χ3v) is 7.56. The van der Waals surface area contributed by atoms with Crippen molar-refractivity contribution < 1.29 is 22.7 Å². The van der Waals surface area contributed by atoms with E-state index < -0.39 is 12.6 Å². The zero-order chi connectivity index (χ0) is 25.4. The molecule has 1 aromatic carbocycles. The fraction of sp³-hybridized carbons (Fsp3) is 0.417. The number of aromatic nitrogens is 4. The van der Waals surface area contributed by atoms with E-state index in [0.717, 1.165) is 37.2 Å². The van der Waals surface area contributed by atoms with Crippen molar-refractivity contribution in [2.75, 3.05) is 25.5 Å². The maximum absolute atomic E-state index is 12.8. The molecule has 0 radical (unpaired) electrons. The van der Waals surface area contributed by atoms with E-state index in [1.807, 2.05) is 19.1 Å². The van der Waals surface area contributed by atoms with Gasteiger partial charge in [0.25, 0.3) is 0 Å². The number of anilines is 2. The van der Waals surface area contributed by atoms with Crippen molar-refractivity contribution in [1.29, 1.82) is 0 Å². The second-order valence-corrected chi connectivity index (χ2v) is 9.92. The zero-order valence-corrected chi connectivity index (χ0v) is 20.6. The Balaban J connectivity index is 1.41. The maximum Gasteiger partial charge on any atom is 0.390 e. The minimum atomic E-state index is -4.29. The number of alkyl halides is 3. The fourth-order valence-corrected chi connectivity index (χ4v) is 5.87. The highest BCUT2D eigenvalue weighted by atomic mass is 32.1. The van der Waals surface area contributed by atoms with Gasteiger partial charge in [0.15, 0.2) is 0 Å². The normalized spacial score (nSPS) is 15.8. The van der Waals surface area contributed by atoms with Crippen LogP contribution in [0.3, 0.4) is 0 Å². The van der Waals surface area contributed by atoms with Gasteiger partial charge in [-0.1, -0.05) is 0 Å². The van der Waals surface area contributed by atoms with E-state index in [2.05, 4.69) is 25.5 Å². The molecule has 4 aromatic rings. The molecule has 36 heavy (non-hydrogen) atoms. The van der Waals surface area contributed by atoms with Gasteiger partial charge in [0.2, 0.25) is 5.91 Å². The van der Waals surface area contributed by atoms with Crippen LogP contribution in [0.5, 0.6) is 5.75 Å². The predicted molar refractivity (Wildman–Crippen MR) is 132 cm³/mol. The molecule has 12 heteroatoms. The van der Waals surface area contributed by atoms with Gasteiger partial charge in [0.1, 0.15) is 22.7 Å². The molecule has 0 fully saturated rings. The summed E-state index contributed by atoms with van der Waals surface area (Å²) in [5.41, 5.74) is 2.70. The van der Waals surface area contributed by atoms with Crippen molar-refractivity contribution in [2.24, 2.45) is 5.92 Å². The lowest BCUT2D eigenvalue weighted by Crippen LogP contribution is -2.37. The largest absolute Gasteiger partial charge is 0.492 e. The number of rotatable bonds is 7. The smallest absolute Gasteiger partial charge is 0.390 e. The van der Waals surface area contributed by atoms with Gasteiger partial charge in [-0.3, -0.25) is 9.89 Å². The third kappa shape index (κ3) is 4.81. The summed E-state index contributed by atoms with van der Waals surface area (Å²) >= 11 is 1.51. The van der Waals surface area contributed by atoms with Crippen LogP contribution in [0.4, 0.5) is 24.7 Å². The van der Waals surface area contributed by atoms with Gasteiger partial charge in [0, 0.05) is 35.8 Å². The lowest BCUT2D eigenvalue weighted by molar-refractivity contribution is -0.146. The molecule has 190 valence electrons. The van der Waals surface area contributed by atoms with Gasteiger partial charge in [-0.15, -0.1) is 11.3 Å². The number of hydrogen-bond acceptors (Lipinski definition) is 7. The van der Waals surface area contributed by atoms with Crippen LogP contribution in [0.1, 0.15) is 30.2 Å². The van der Waals surface area contributed by atoms with E-state index in [0.29, 0.717) is 37.4 Å². The molecule has 0 bridgehead atoms. The van der Waals surface area contributed by atoms with Crippen LogP contribution in [0, 0.1) is 5.92 Å². The van der Waals surface area contributed by atoms with Crippen molar-refractivity contribution in [2.45, 2.75) is 38.8 Å². The second-order valence-electron chi connectivity index (χ2n) is 8.83. The molecule has 5 rings (SSSR count). The van der Waals surface area contributed by atoms with Crippen molar-refractivity contribution >= 4 is 49.9 Å². The Labute approximate surface area is 208 Å². The highest BCUT2D eigenvalue weighted by Gasteiger charge is 2.33. The second kappa shape index (κ2) is 9.57. The SMILES string of the molecule is CCOc1cc2[nH]ncc2cc1Nc1ncnc2sc3c(c12)CC[C@H](C(=O)N(C)CCC(F)(F)F)C3. The first kappa shape index (κ1) is 24.3. The Bertz CT molecular complexity index is 1420. The van der Waals surface area contributed by atoms with Crippen molar-refractivity contribution in [1.82, 2.24) is 25.1 Å². The van der Waals surface area contributed by atoms with E-state index in [1.165, 1.54) is 29.6 Å². The zero-order valence-electron chi connectivity index (χ0n) is 19.8. The number of fused-ring (bicyclic) bond motifs is 4. The summed E-state index contributed by atoms with van der Waals surface area (Å²) in [5.74, 6) is 0.716. The topological polar surface area (TPSA) is 96.0 Å². The molecule has 1 atom stereocenters. The highest BCUT2D eigenvalue weighted by molar-refractivity contribution is 7.19. The Morgan fingerprint density at radius 1 is 1.33 bits per heavy atom. The van der Waals surface area contributed by atoms with Crippen LogP contribution < -0.4 is 10.1 Å². The number of benzene rings is 1. The molecule has 0 saturated heterocycles. The molecular formula is C24H25F3N6O2S. The summed E-state index contributed by atoms with van der Waals surface area (Å²) < 4.78 is 43.6. The lowest BCUT2D eigenvalue weighted by Gasteiger charge is -2.27. The first-order valence-electron chi connectivity index (χ1n) is 11.7. The van der Waals surface area contributed by atoms with Gasteiger partial charge in [-0.2, -0.15) is 18.3 Å². The van der Waals surface area contributed by atoms with Gasteiger partial charge in [-0.25, -0.2) is 9.97 Å². The third-order valence-electron chi connectivity index (χ3n) is 6.39. The Morgan fingerprint density at radius 2 is 2.17 bits per heavy atom. The minimum absolute atomic E-state index is 0.249. The number of halogens is 3. The summed E-state index contributed by atoms with van der Waals surface area (Å²) in [4.78, 5) is 24.8. The predicted octanol–water partition coefficient (Wildman–Crippen LogP) is 5.23. The number of nitrogens with zero attached hydrogens (tertiary/aromatic N) is 4. The maximum atomic E-state index is 12.8. The fourth-order valence-electron chi connectivity index (χ4n) is 4.60. The van der Waals surface area contributed by atoms with Crippen molar-refractivity contribution in [3.63, 3.8) is 0 Å². The van der Waals surface area contributed by atoms with E-state index in [1.54, 1.807) is 6.20 Å². The Morgan fingerprint density at radius 3 is 2.94 bits per heavy atom. The van der Waals surface area contributed by atoms with Crippen LogP contribution in [-0.4, -0.2) is 57.3 Å². The first-order chi connectivity index (χ1) is 17.2. The van der Waals surface area contributed by atoms with Crippen LogP contribution >= 0.6 is 11.3 Å². The number of thiophene rings is 1. The summed E-state index contributed by atoms with van der Waals surface area (Å²) in [5, 5.41) is 12.3. The molecule has 3 aromatic heterocycles. The van der Waals surface area contributed by atoms with Crippen molar-refractivity contribution in [3.8, 4) is 5.75 Å². The number of ether oxygens (including phenoxy) is 1. The Kier molecular flexibility index (Phi) is 6.45. The van der Waals surface area contributed by atoms with E-state index >= 15 is 0 Å². The summed E-state index contributed by atoms with van der Waals surface area (Å²) in [6.45, 7) is 2.08.